The number of aryl methyl sites for hydroxylation is 1. The number of hydrogen-bond acceptors (Lipinski definition) is 18. The second kappa shape index (κ2) is 21.9. The molecule has 0 saturated carbocycles. The molecule has 25 heteroatoms. The van der Waals surface area contributed by atoms with Gasteiger partial charge in [-0.3, -0.25) is 28.0 Å². The van der Waals surface area contributed by atoms with Crippen LogP contribution in [0.5, 0.6) is 0 Å². The first-order valence-electron chi connectivity index (χ1n) is 18.6. The summed E-state index contributed by atoms with van der Waals surface area (Å²) in [6.45, 7) is 20.0. The summed E-state index contributed by atoms with van der Waals surface area (Å²) in [6, 6.07) is 0. The van der Waals surface area contributed by atoms with Crippen LogP contribution in [-0.2, 0) is 32.0 Å². The normalized spacial score (nSPS) is 25.5. The van der Waals surface area contributed by atoms with Crippen molar-refractivity contribution >= 4 is 32.6 Å². The van der Waals surface area contributed by atoms with Crippen molar-refractivity contribution in [2.75, 3.05) is 58.2 Å². The second-order valence-corrected chi connectivity index (χ2v) is 15.9. The molecule has 3 aromatic heterocycles. The molecule has 0 spiro atoms. The SMILES string of the molecule is CCN(CC)CC.CCN(CC)CC.Cc1cn([C@H]2C[C@H](O)[C@@H](COP(=O)(O)OP(=O)(O)OC[C@H]3O[C@@H](n4cnc5c(N)ncnc54)[C@H](O)[C@@H]3O)O2)c(=O)[nH]c1=O. The Labute approximate surface area is 329 Å². The lowest BCUT2D eigenvalue weighted by atomic mass is 10.1. The van der Waals surface area contributed by atoms with Gasteiger partial charge in [-0.15, -0.1) is 0 Å². The van der Waals surface area contributed by atoms with Crippen molar-refractivity contribution in [2.45, 2.75) is 97.9 Å². The Kier molecular flexibility index (Phi) is 18.5. The topological polar surface area (TPSA) is 312 Å². The molecule has 0 bridgehead atoms. The number of imidazole rings is 1. The van der Waals surface area contributed by atoms with E-state index in [9.17, 15) is 43.8 Å². The molecule has 0 aromatic carbocycles. The highest BCUT2D eigenvalue weighted by atomic mass is 31.3. The quantitative estimate of drug-likeness (QED) is 0.0964. The van der Waals surface area contributed by atoms with E-state index in [0.29, 0.717) is 0 Å². The van der Waals surface area contributed by atoms with Crippen LogP contribution in [-0.4, -0.2) is 147 Å². The molecule has 2 aliphatic heterocycles. The van der Waals surface area contributed by atoms with Crippen LogP contribution in [0.2, 0.25) is 0 Å². The number of ether oxygens (including phenoxy) is 2. The first-order valence-corrected chi connectivity index (χ1v) is 21.5. The number of H-pyrrole nitrogens is 1. The number of aliphatic hydroxyl groups is 3. The molecule has 2 fully saturated rings. The second-order valence-electron chi connectivity index (χ2n) is 12.9. The number of phosphoric ester groups is 2. The third-order valence-corrected chi connectivity index (χ3v) is 12.0. The number of nitrogens with one attached hydrogen (secondary N) is 1. The Morgan fingerprint density at radius 3 is 1.91 bits per heavy atom. The first kappa shape index (κ1) is 48.4. The molecule has 324 valence electrons. The van der Waals surface area contributed by atoms with E-state index < -0.39 is 83.1 Å². The molecule has 5 heterocycles. The maximum atomic E-state index is 12.4. The third-order valence-electron chi connectivity index (χ3n) is 9.35. The summed E-state index contributed by atoms with van der Waals surface area (Å²) in [4.78, 5) is 62.3. The van der Waals surface area contributed by atoms with E-state index in [1.54, 1.807) is 0 Å². The number of rotatable bonds is 16. The number of anilines is 1. The van der Waals surface area contributed by atoms with Crippen molar-refractivity contribution < 1.29 is 57.1 Å². The molecule has 0 aliphatic carbocycles. The Morgan fingerprint density at radius 2 is 1.39 bits per heavy atom. The fourth-order valence-corrected chi connectivity index (χ4v) is 7.93. The summed E-state index contributed by atoms with van der Waals surface area (Å²) in [5.74, 6) is 0.0545. The molecule has 2 aliphatic rings. The number of phosphoric acid groups is 2. The van der Waals surface area contributed by atoms with Gasteiger partial charge in [-0.05, 0) is 46.2 Å². The number of fused-ring (bicyclic) bond motifs is 1. The fourth-order valence-electron chi connectivity index (χ4n) is 5.84. The van der Waals surface area contributed by atoms with Crippen molar-refractivity contribution in [1.29, 1.82) is 0 Å². The number of hydrogen-bond donors (Lipinski definition) is 7. The van der Waals surface area contributed by atoms with Gasteiger partial charge >= 0.3 is 21.3 Å². The van der Waals surface area contributed by atoms with Gasteiger partial charge in [-0.2, -0.15) is 4.31 Å². The van der Waals surface area contributed by atoms with E-state index in [2.05, 4.69) is 75.6 Å². The molecule has 5 rings (SSSR count). The van der Waals surface area contributed by atoms with E-state index in [1.807, 2.05) is 0 Å². The standard InChI is InChI=1S/C20H27N7O14P2.2C6H15N/c1-8-3-26(20(32)25-18(8)31)12-2-9(28)10(39-12)4-37-42(33,34)41-43(35,36)38-5-11-14(29)15(30)19(40-11)27-7-24-13-16(21)22-6-23-17(13)27;2*1-4-7(5-2)6-3/h3,6-7,9-12,14-15,19,28-30H,2,4-5H2,1H3,(H,33,34)(H,35,36)(H2,21,22,23)(H,25,31,32);2*4-6H2,1-3H3/t9-,10+,11+,12+,14+,15+,19+;;/m0../s1. The van der Waals surface area contributed by atoms with Crippen LogP contribution in [0.15, 0.2) is 28.4 Å². The van der Waals surface area contributed by atoms with Crippen LogP contribution < -0.4 is 17.0 Å². The van der Waals surface area contributed by atoms with Gasteiger partial charge in [0.15, 0.2) is 17.7 Å². The van der Waals surface area contributed by atoms with Crippen molar-refractivity contribution in [3.05, 3.63) is 45.3 Å². The van der Waals surface area contributed by atoms with Gasteiger partial charge in [0, 0.05) is 18.2 Å². The van der Waals surface area contributed by atoms with E-state index >= 15 is 0 Å². The molecule has 2 saturated heterocycles. The largest absolute Gasteiger partial charge is 0.481 e. The van der Waals surface area contributed by atoms with Crippen LogP contribution in [0.3, 0.4) is 0 Å². The maximum absolute atomic E-state index is 12.4. The summed E-state index contributed by atoms with van der Waals surface area (Å²) >= 11 is 0. The highest BCUT2D eigenvalue weighted by Crippen LogP contribution is 2.60. The Morgan fingerprint density at radius 1 is 0.842 bits per heavy atom. The Bertz CT molecular complexity index is 1900. The predicted molar refractivity (Wildman–Crippen MR) is 206 cm³/mol. The smallest absolute Gasteiger partial charge is 0.390 e. The summed E-state index contributed by atoms with van der Waals surface area (Å²) < 4.78 is 51.8. The minimum Gasteiger partial charge on any atom is -0.390 e. The lowest BCUT2D eigenvalue weighted by molar-refractivity contribution is -0.0518. The zero-order valence-electron chi connectivity index (χ0n) is 33.2. The Hall–Kier alpha value is -2.99. The van der Waals surface area contributed by atoms with E-state index in [1.165, 1.54) is 63.3 Å². The van der Waals surface area contributed by atoms with Gasteiger partial charge < -0.3 is 50.1 Å². The lowest BCUT2D eigenvalue weighted by Crippen LogP contribution is -2.33. The van der Waals surface area contributed by atoms with Crippen molar-refractivity contribution in [3.8, 4) is 0 Å². The van der Waals surface area contributed by atoms with Crippen LogP contribution in [0.1, 0.15) is 66.0 Å². The predicted octanol–water partition coefficient (Wildman–Crippen LogP) is 0.482. The van der Waals surface area contributed by atoms with Crippen molar-refractivity contribution in [1.82, 2.24) is 38.9 Å². The number of nitrogens with zero attached hydrogens (tertiary/aromatic N) is 7. The van der Waals surface area contributed by atoms with Gasteiger partial charge in [-0.25, -0.2) is 28.9 Å². The molecule has 0 amide bonds. The van der Waals surface area contributed by atoms with E-state index in [4.69, 9.17) is 24.3 Å². The number of aromatic amines is 1. The number of nitrogen functional groups attached to an aromatic ring is 1. The molecule has 9 atom stereocenters. The average Bonchev–Trinajstić information content (AvgIpc) is 3.85. The maximum Gasteiger partial charge on any atom is 0.481 e. The van der Waals surface area contributed by atoms with Crippen LogP contribution in [0, 0.1) is 6.92 Å². The molecule has 8 N–H and O–H groups in total. The first-order chi connectivity index (χ1) is 26.8. The highest BCUT2D eigenvalue weighted by molar-refractivity contribution is 7.61. The monoisotopic (exact) mass is 853 g/mol. The van der Waals surface area contributed by atoms with E-state index in [-0.39, 0.29) is 29.0 Å². The summed E-state index contributed by atoms with van der Waals surface area (Å²) in [6.07, 6.45) is -6.09. The van der Waals surface area contributed by atoms with Crippen molar-refractivity contribution in [2.24, 2.45) is 0 Å². The zero-order chi connectivity index (χ0) is 42.7. The van der Waals surface area contributed by atoms with Crippen LogP contribution in [0.25, 0.3) is 11.2 Å². The van der Waals surface area contributed by atoms with Gasteiger partial charge in [0.25, 0.3) is 5.56 Å². The third kappa shape index (κ3) is 13.3. The van der Waals surface area contributed by atoms with E-state index in [0.717, 1.165) is 10.9 Å². The fraction of sp³-hybridized carbons (Fsp3) is 0.719. The van der Waals surface area contributed by atoms with Crippen LogP contribution >= 0.6 is 15.6 Å². The Balaban J connectivity index is 0.000000531. The average molecular weight is 854 g/mol. The molecular weight excluding hydrogens is 796 g/mol. The minimum atomic E-state index is -5.34. The summed E-state index contributed by atoms with van der Waals surface area (Å²) in [7, 11) is -10.7. The number of aromatic nitrogens is 6. The molecule has 0 radical (unpaired) electrons. The summed E-state index contributed by atoms with van der Waals surface area (Å²) in [5.41, 5.74) is 4.89. The molecular formula is C32H57N9O14P2. The highest BCUT2D eigenvalue weighted by Gasteiger charge is 2.46. The zero-order valence-corrected chi connectivity index (χ0v) is 34.9. The lowest BCUT2D eigenvalue weighted by Gasteiger charge is -2.21. The van der Waals surface area contributed by atoms with Gasteiger partial charge in [0.1, 0.15) is 42.5 Å². The van der Waals surface area contributed by atoms with Gasteiger partial charge in [0.05, 0.1) is 25.6 Å². The van der Waals surface area contributed by atoms with Crippen LogP contribution in [0.4, 0.5) is 5.82 Å². The number of aliphatic hydroxyl groups excluding tert-OH is 3. The summed E-state index contributed by atoms with van der Waals surface area (Å²) in [5, 5.41) is 31.2. The number of nitrogens with two attached hydrogens (primary N) is 1. The minimum absolute atomic E-state index is 0.0545. The molecule has 23 nitrogen and oxygen atoms in total. The molecule has 3 aromatic rings. The molecule has 57 heavy (non-hydrogen) atoms. The molecule has 2 unspecified atom stereocenters. The van der Waals surface area contributed by atoms with Crippen molar-refractivity contribution in [3.63, 3.8) is 0 Å². The van der Waals surface area contributed by atoms with Gasteiger partial charge in [0.2, 0.25) is 0 Å². The van der Waals surface area contributed by atoms with Gasteiger partial charge in [-0.1, -0.05) is 41.5 Å².